The Labute approximate surface area is 208 Å². The SMILES string of the molecule is CC(N)C(=O)NC(Cc1ccccc1)C(=O)NC(CC(N)=O)C(=O)NC(Cc1ccccc1)C(=O)O. The largest absolute Gasteiger partial charge is 0.480 e. The average Bonchev–Trinajstić information content (AvgIpc) is 2.83. The standard InChI is InChI=1S/C25H31N5O6/c1-15(26)22(32)28-18(12-16-8-4-2-5-9-16)23(33)29-19(14-21(27)31)24(34)30-20(25(35)36)13-17-10-6-3-7-11-17/h2-11,15,18-20H,12-14,26H2,1H3,(H2,27,31)(H,28,32)(H,29,33)(H,30,34)(H,35,36). The van der Waals surface area contributed by atoms with Gasteiger partial charge in [0.25, 0.3) is 0 Å². The minimum Gasteiger partial charge on any atom is -0.480 e. The van der Waals surface area contributed by atoms with Gasteiger partial charge in [-0.3, -0.25) is 19.2 Å². The molecule has 192 valence electrons. The molecular weight excluding hydrogens is 466 g/mol. The lowest BCUT2D eigenvalue weighted by Gasteiger charge is -2.24. The van der Waals surface area contributed by atoms with Crippen LogP contribution < -0.4 is 27.4 Å². The Bertz CT molecular complexity index is 1060. The molecule has 0 aromatic heterocycles. The summed E-state index contributed by atoms with van der Waals surface area (Å²) in [5, 5.41) is 16.9. The van der Waals surface area contributed by atoms with E-state index in [2.05, 4.69) is 16.0 Å². The van der Waals surface area contributed by atoms with Gasteiger partial charge < -0.3 is 32.5 Å². The molecule has 0 spiro atoms. The van der Waals surface area contributed by atoms with E-state index in [9.17, 15) is 29.1 Å². The van der Waals surface area contributed by atoms with Gasteiger partial charge in [-0.15, -0.1) is 0 Å². The van der Waals surface area contributed by atoms with Crippen LogP contribution in [0, 0.1) is 0 Å². The number of benzene rings is 2. The van der Waals surface area contributed by atoms with E-state index in [1.165, 1.54) is 6.92 Å². The van der Waals surface area contributed by atoms with Crippen molar-refractivity contribution in [2.24, 2.45) is 11.5 Å². The van der Waals surface area contributed by atoms with Gasteiger partial charge in [0.1, 0.15) is 18.1 Å². The van der Waals surface area contributed by atoms with E-state index in [1.807, 2.05) is 0 Å². The van der Waals surface area contributed by atoms with Crippen LogP contribution in [0.1, 0.15) is 24.5 Å². The second-order valence-electron chi connectivity index (χ2n) is 8.36. The van der Waals surface area contributed by atoms with Crippen LogP contribution in [0.5, 0.6) is 0 Å². The maximum Gasteiger partial charge on any atom is 0.326 e. The van der Waals surface area contributed by atoms with Gasteiger partial charge in [0.05, 0.1) is 12.5 Å². The molecule has 11 nitrogen and oxygen atoms in total. The number of hydrogen-bond donors (Lipinski definition) is 6. The molecule has 0 saturated carbocycles. The lowest BCUT2D eigenvalue weighted by atomic mass is 10.0. The number of nitrogens with one attached hydrogen (secondary N) is 3. The predicted octanol–water partition coefficient (Wildman–Crippen LogP) is -0.767. The average molecular weight is 498 g/mol. The number of aliphatic carboxylic acids is 1. The first kappa shape index (κ1) is 28.0. The van der Waals surface area contributed by atoms with Crippen LogP contribution in [0.25, 0.3) is 0 Å². The molecule has 0 aliphatic heterocycles. The Balaban J connectivity index is 2.19. The third-order valence-electron chi connectivity index (χ3n) is 5.26. The molecule has 4 atom stereocenters. The number of carboxylic acids is 1. The Morgan fingerprint density at radius 2 is 1.14 bits per heavy atom. The minimum atomic E-state index is -1.46. The first-order valence-corrected chi connectivity index (χ1v) is 11.3. The van der Waals surface area contributed by atoms with Crippen LogP contribution in [0.2, 0.25) is 0 Å². The molecule has 2 aromatic rings. The third kappa shape index (κ3) is 9.18. The van der Waals surface area contributed by atoms with Crippen molar-refractivity contribution in [3.05, 3.63) is 71.8 Å². The van der Waals surface area contributed by atoms with Crippen molar-refractivity contribution >= 4 is 29.6 Å². The van der Waals surface area contributed by atoms with Crippen LogP contribution in [0.15, 0.2) is 60.7 Å². The van der Waals surface area contributed by atoms with E-state index >= 15 is 0 Å². The quantitative estimate of drug-likeness (QED) is 0.209. The van der Waals surface area contributed by atoms with Crippen molar-refractivity contribution in [2.45, 2.75) is 50.4 Å². The fourth-order valence-corrected chi connectivity index (χ4v) is 3.37. The minimum absolute atomic E-state index is 0.0137. The highest BCUT2D eigenvalue weighted by atomic mass is 16.4. The van der Waals surface area contributed by atoms with Gasteiger partial charge in [0.15, 0.2) is 0 Å². The zero-order chi connectivity index (χ0) is 26.7. The Hall–Kier alpha value is -4.25. The Morgan fingerprint density at radius 1 is 0.722 bits per heavy atom. The molecule has 0 saturated heterocycles. The van der Waals surface area contributed by atoms with Crippen LogP contribution >= 0.6 is 0 Å². The molecule has 0 bridgehead atoms. The second kappa shape index (κ2) is 13.6. The van der Waals surface area contributed by atoms with Gasteiger partial charge in [0, 0.05) is 12.8 Å². The molecule has 0 aliphatic rings. The zero-order valence-electron chi connectivity index (χ0n) is 19.8. The number of carbonyl (C=O) groups is 5. The summed E-state index contributed by atoms with van der Waals surface area (Å²) in [5.41, 5.74) is 12.3. The molecule has 8 N–H and O–H groups in total. The topological polar surface area (TPSA) is 194 Å². The van der Waals surface area contributed by atoms with Crippen LogP contribution in [-0.2, 0) is 36.8 Å². The predicted molar refractivity (Wildman–Crippen MR) is 131 cm³/mol. The smallest absolute Gasteiger partial charge is 0.326 e. The Kier molecular flexibility index (Phi) is 10.6. The first-order valence-electron chi connectivity index (χ1n) is 11.3. The van der Waals surface area contributed by atoms with E-state index in [-0.39, 0.29) is 12.8 Å². The fraction of sp³-hybridized carbons (Fsp3) is 0.320. The lowest BCUT2D eigenvalue weighted by molar-refractivity contribution is -0.142. The summed E-state index contributed by atoms with van der Waals surface area (Å²) >= 11 is 0. The summed E-state index contributed by atoms with van der Waals surface area (Å²) < 4.78 is 0. The summed E-state index contributed by atoms with van der Waals surface area (Å²) in [7, 11) is 0. The number of amides is 4. The van der Waals surface area contributed by atoms with Crippen molar-refractivity contribution < 1.29 is 29.1 Å². The van der Waals surface area contributed by atoms with Gasteiger partial charge in [-0.25, -0.2) is 4.79 Å². The number of rotatable bonds is 13. The maximum atomic E-state index is 13.1. The monoisotopic (exact) mass is 497 g/mol. The number of primary amides is 1. The molecule has 0 heterocycles. The number of carboxylic acid groups (broad SMARTS) is 1. The van der Waals surface area contributed by atoms with Gasteiger partial charge in [-0.2, -0.15) is 0 Å². The number of nitrogens with two attached hydrogens (primary N) is 2. The van der Waals surface area contributed by atoms with Crippen LogP contribution in [0.4, 0.5) is 0 Å². The summed E-state index contributed by atoms with van der Waals surface area (Å²) in [6, 6.07) is 12.7. The van der Waals surface area contributed by atoms with Crippen molar-refractivity contribution in [3.63, 3.8) is 0 Å². The zero-order valence-corrected chi connectivity index (χ0v) is 19.8. The highest BCUT2D eigenvalue weighted by Gasteiger charge is 2.31. The van der Waals surface area contributed by atoms with Gasteiger partial charge >= 0.3 is 5.97 Å². The van der Waals surface area contributed by atoms with Crippen molar-refractivity contribution in [1.82, 2.24) is 16.0 Å². The highest BCUT2D eigenvalue weighted by molar-refractivity contribution is 5.96. The van der Waals surface area contributed by atoms with Crippen molar-refractivity contribution in [2.75, 3.05) is 0 Å². The van der Waals surface area contributed by atoms with Crippen molar-refractivity contribution in [3.8, 4) is 0 Å². The molecular formula is C25H31N5O6. The third-order valence-corrected chi connectivity index (χ3v) is 5.26. The fourth-order valence-electron chi connectivity index (χ4n) is 3.37. The van der Waals surface area contributed by atoms with Gasteiger partial charge in [0.2, 0.25) is 23.6 Å². The van der Waals surface area contributed by atoms with E-state index in [4.69, 9.17) is 11.5 Å². The summed E-state index contributed by atoms with van der Waals surface area (Å²) in [6.07, 6.45) is -0.503. The molecule has 4 amide bonds. The van der Waals surface area contributed by atoms with Crippen molar-refractivity contribution in [1.29, 1.82) is 0 Å². The highest BCUT2D eigenvalue weighted by Crippen LogP contribution is 2.07. The lowest BCUT2D eigenvalue weighted by Crippen LogP contribution is -2.58. The van der Waals surface area contributed by atoms with Crippen LogP contribution in [-0.4, -0.2) is 58.9 Å². The van der Waals surface area contributed by atoms with Gasteiger partial charge in [-0.05, 0) is 18.1 Å². The molecule has 11 heteroatoms. The molecule has 2 rings (SSSR count). The number of hydrogen-bond acceptors (Lipinski definition) is 6. The maximum absolute atomic E-state index is 13.1. The Morgan fingerprint density at radius 3 is 1.58 bits per heavy atom. The molecule has 4 unspecified atom stereocenters. The normalized spacial score (nSPS) is 13.9. The van der Waals surface area contributed by atoms with E-state index in [1.54, 1.807) is 60.7 Å². The first-order chi connectivity index (χ1) is 17.1. The molecule has 2 aromatic carbocycles. The molecule has 0 fully saturated rings. The van der Waals surface area contributed by atoms with Gasteiger partial charge in [-0.1, -0.05) is 60.7 Å². The second-order valence-corrected chi connectivity index (χ2v) is 8.36. The van der Waals surface area contributed by atoms with E-state index < -0.39 is 60.2 Å². The summed E-state index contributed by atoms with van der Waals surface area (Å²) in [4.78, 5) is 61.6. The molecule has 36 heavy (non-hydrogen) atoms. The van der Waals surface area contributed by atoms with E-state index in [0.717, 1.165) is 5.56 Å². The summed E-state index contributed by atoms with van der Waals surface area (Å²) in [6.45, 7) is 1.45. The van der Waals surface area contributed by atoms with E-state index in [0.29, 0.717) is 5.56 Å². The summed E-state index contributed by atoms with van der Waals surface area (Å²) in [5.74, 6) is -4.42. The molecule has 0 aliphatic carbocycles. The molecule has 0 radical (unpaired) electrons. The van der Waals surface area contributed by atoms with Crippen LogP contribution in [0.3, 0.4) is 0 Å². The number of carbonyl (C=O) groups excluding carboxylic acids is 4.